The number of aliphatic carboxylic acids is 1. The number of carboxylic acid groups (broad SMARTS) is 1. The van der Waals surface area contributed by atoms with Crippen LogP contribution in [0, 0.1) is 5.92 Å². The van der Waals surface area contributed by atoms with Gasteiger partial charge in [-0.05, 0) is 0 Å². The number of fused-ring (bicyclic) bond motifs is 1. The van der Waals surface area contributed by atoms with Gasteiger partial charge in [0.1, 0.15) is 0 Å². The smallest absolute Gasteiger partial charge is 0.454 e. The summed E-state index contributed by atoms with van der Waals surface area (Å²) in [6, 6.07) is 0. The number of amides is 1. The van der Waals surface area contributed by atoms with Crippen molar-refractivity contribution in [1.82, 2.24) is 4.90 Å². The van der Waals surface area contributed by atoms with E-state index in [-0.39, 0.29) is 11.6 Å². The van der Waals surface area contributed by atoms with E-state index in [1.54, 1.807) is 0 Å². The van der Waals surface area contributed by atoms with Gasteiger partial charge >= 0.3 is 12.1 Å². The summed E-state index contributed by atoms with van der Waals surface area (Å²) < 4.78 is 37.6. The largest absolute Gasteiger partial charge is 0.481 e. The highest BCUT2D eigenvalue weighted by atomic mass is 32.2. The molecule has 9 heteroatoms. The zero-order valence-electron chi connectivity index (χ0n) is 9.36. The van der Waals surface area contributed by atoms with E-state index in [0.717, 1.165) is 16.7 Å². The maximum Gasteiger partial charge on any atom is 0.454 e. The van der Waals surface area contributed by atoms with Crippen molar-refractivity contribution in [3.63, 3.8) is 0 Å². The van der Waals surface area contributed by atoms with Crippen LogP contribution in [0.2, 0.25) is 0 Å². The Kier molecular flexibility index (Phi) is 3.33. The fraction of sp³-hybridized carbons (Fsp3) is 0.500. The molecule has 1 atom stereocenters. The molecule has 104 valence electrons. The van der Waals surface area contributed by atoms with E-state index in [0.29, 0.717) is 5.75 Å². The summed E-state index contributed by atoms with van der Waals surface area (Å²) in [6.07, 6.45) is -5.92. The normalized spacial score (nSPS) is 23.0. The molecule has 2 rings (SSSR count). The minimum absolute atomic E-state index is 0.0430. The summed E-state index contributed by atoms with van der Waals surface area (Å²) in [4.78, 5) is 34.9. The van der Waals surface area contributed by atoms with Crippen molar-refractivity contribution in [2.45, 2.75) is 12.6 Å². The van der Waals surface area contributed by atoms with Crippen LogP contribution in [0.3, 0.4) is 0 Å². The molecule has 0 aliphatic carbocycles. The maximum atomic E-state index is 12.5. The Morgan fingerprint density at radius 3 is 2.58 bits per heavy atom. The van der Waals surface area contributed by atoms with E-state index in [2.05, 4.69) is 0 Å². The zero-order chi connectivity index (χ0) is 14.4. The van der Waals surface area contributed by atoms with Gasteiger partial charge in [-0.15, -0.1) is 11.8 Å². The molecule has 1 N–H and O–H groups in total. The summed E-state index contributed by atoms with van der Waals surface area (Å²) in [5.41, 5.74) is -0.720. The number of hydrogen-bond acceptors (Lipinski definition) is 4. The van der Waals surface area contributed by atoms with E-state index in [4.69, 9.17) is 5.11 Å². The van der Waals surface area contributed by atoms with Crippen LogP contribution in [-0.4, -0.2) is 46.1 Å². The summed E-state index contributed by atoms with van der Waals surface area (Å²) >= 11 is 0.971. The number of alkyl halides is 3. The Labute approximate surface area is 109 Å². The quantitative estimate of drug-likeness (QED) is 0.841. The number of ketones is 1. The van der Waals surface area contributed by atoms with E-state index < -0.39 is 41.7 Å². The molecule has 0 aromatic carbocycles. The van der Waals surface area contributed by atoms with Gasteiger partial charge in [-0.3, -0.25) is 14.4 Å². The van der Waals surface area contributed by atoms with Crippen molar-refractivity contribution >= 4 is 29.4 Å². The van der Waals surface area contributed by atoms with Crippen molar-refractivity contribution in [1.29, 1.82) is 0 Å². The molecule has 5 nitrogen and oxygen atoms in total. The zero-order valence-corrected chi connectivity index (χ0v) is 10.2. The van der Waals surface area contributed by atoms with Crippen LogP contribution in [0.25, 0.3) is 0 Å². The topological polar surface area (TPSA) is 74.7 Å². The first kappa shape index (κ1) is 13.9. The standard InChI is InChI=1S/C10H8F3NO4S/c11-10(12,13)7(17)6-4(3-5(15)16)8(18)14-1-2-19-9(6)14/h4H,1-3H2,(H,15,16)/t4-/m0/s1. The summed E-state index contributed by atoms with van der Waals surface area (Å²) in [6.45, 7) is 0.198. The van der Waals surface area contributed by atoms with Gasteiger partial charge < -0.3 is 10.0 Å². The van der Waals surface area contributed by atoms with Gasteiger partial charge in [0.25, 0.3) is 5.78 Å². The summed E-state index contributed by atoms with van der Waals surface area (Å²) in [7, 11) is 0. The van der Waals surface area contributed by atoms with Crippen molar-refractivity contribution in [3.8, 4) is 0 Å². The Balaban J connectivity index is 2.44. The third-order valence-electron chi connectivity index (χ3n) is 2.82. The molecule has 0 spiro atoms. The van der Waals surface area contributed by atoms with E-state index in [1.165, 1.54) is 0 Å². The summed E-state index contributed by atoms with van der Waals surface area (Å²) in [5, 5.41) is 8.62. The molecule has 1 fully saturated rings. The third kappa shape index (κ3) is 2.34. The number of hydrogen-bond donors (Lipinski definition) is 1. The molecule has 0 aromatic heterocycles. The van der Waals surface area contributed by atoms with Crippen molar-refractivity contribution in [2.24, 2.45) is 5.92 Å². The Bertz CT molecular complexity index is 499. The Morgan fingerprint density at radius 2 is 2.05 bits per heavy atom. The van der Waals surface area contributed by atoms with Gasteiger partial charge in [0.05, 0.1) is 17.4 Å². The number of thioether (sulfide) groups is 1. The molecule has 1 saturated heterocycles. The average Bonchev–Trinajstić information content (AvgIpc) is 2.81. The fourth-order valence-corrected chi connectivity index (χ4v) is 3.27. The molecule has 0 saturated carbocycles. The number of carbonyl (C=O) groups is 3. The fourth-order valence-electron chi connectivity index (χ4n) is 2.08. The minimum atomic E-state index is -5.11. The van der Waals surface area contributed by atoms with Crippen LogP contribution in [0.5, 0.6) is 0 Å². The average molecular weight is 295 g/mol. The third-order valence-corrected chi connectivity index (χ3v) is 3.92. The molecule has 2 aliphatic rings. The van der Waals surface area contributed by atoms with Crippen molar-refractivity contribution in [3.05, 3.63) is 10.6 Å². The highest BCUT2D eigenvalue weighted by Crippen LogP contribution is 2.44. The van der Waals surface area contributed by atoms with Crippen LogP contribution >= 0.6 is 11.8 Å². The van der Waals surface area contributed by atoms with Crippen molar-refractivity contribution < 1.29 is 32.7 Å². The number of Topliss-reactive ketones (excluding diaryl/α,β-unsaturated/α-hetero) is 1. The van der Waals surface area contributed by atoms with Gasteiger partial charge in [0, 0.05) is 17.9 Å². The van der Waals surface area contributed by atoms with Gasteiger partial charge in [-0.25, -0.2) is 0 Å². The SMILES string of the molecule is O=C(O)C[C@@H]1C(=O)N2CCSC2=C1C(=O)C(F)(F)F. The van der Waals surface area contributed by atoms with Gasteiger partial charge in [-0.1, -0.05) is 0 Å². The summed E-state index contributed by atoms with van der Waals surface area (Å²) in [5.74, 6) is -5.42. The Morgan fingerprint density at radius 1 is 1.42 bits per heavy atom. The molecular weight excluding hydrogens is 287 g/mol. The molecule has 19 heavy (non-hydrogen) atoms. The highest BCUT2D eigenvalue weighted by molar-refractivity contribution is 8.03. The second kappa shape index (κ2) is 4.55. The molecule has 0 aromatic rings. The van der Waals surface area contributed by atoms with Gasteiger partial charge in [0.15, 0.2) is 0 Å². The first-order chi connectivity index (χ1) is 8.73. The minimum Gasteiger partial charge on any atom is -0.481 e. The van der Waals surface area contributed by atoms with Gasteiger partial charge in [-0.2, -0.15) is 13.2 Å². The number of halogens is 3. The van der Waals surface area contributed by atoms with Crippen molar-refractivity contribution in [2.75, 3.05) is 12.3 Å². The Hall–Kier alpha value is -1.51. The molecule has 2 heterocycles. The highest BCUT2D eigenvalue weighted by Gasteiger charge is 2.52. The first-order valence-corrected chi connectivity index (χ1v) is 6.23. The number of rotatable bonds is 3. The molecule has 0 radical (unpaired) electrons. The number of nitrogens with zero attached hydrogens (tertiary/aromatic N) is 1. The van der Waals surface area contributed by atoms with E-state index in [1.807, 2.05) is 0 Å². The lowest BCUT2D eigenvalue weighted by atomic mass is 9.94. The predicted octanol–water partition coefficient (Wildman–Crippen LogP) is 1.01. The lowest BCUT2D eigenvalue weighted by Crippen LogP contribution is -2.32. The maximum absolute atomic E-state index is 12.5. The number of carbonyl (C=O) groups excluding carboxylic acids is 2. The second-order valence-electron chi connectivity index (χ2n) is 4.03. The molecule has 2 aliphatic heterocycles. The van der Waals surface area contributed by atoms with Gasteiger partial charge in [0.2, 0.25) is 5.91 Å². The molecule has 0 bridgehead atoms. The molecule has 1 amide bonds. The van der Waals surface area contributed by atoms with Crippen LogP contribution in [0.4, 0.5) is 13.2 Å². The van der Waals surface area contributed by atoms with Crippen LogP contribution < -0.4 is 0 Å². The predicted molar refractivity (Wildman–Crippen MR) is 58.0 cm³/mol. The van der Waals surface area contributed by atoms with Crippen LogP contribution in [0.15, 0.2) is 10.6 Å². The van der Waals surface area contributed by atoms with E-state index >= 15 is 0 Å². The van der Waals surface area contributed by atoms with Crippen LogP contribution in [0.1, 0.15) is 6.42 Å². The van der Waals surface area contributed by atoms with Crippen LogP contribution in [-0.2, 0) is 14.4 Å². The molecular formula is C10H8F3NO4S. The lowest BCUT2D eigenvalue weighted by molar-refractivity contribution is -0.167. The van der Waals surface area contributed by atoms with E-state index in [9.17, 15) is 27.6 Å². The second-order valence-corrected chi connectivity index (χ2v) is 5.12. The monoisotopic (exact) mass is 295 g/mol. The lowest BCUT2D eigenvalue weighted by Gasteiger charge is -2.13. The molecule has 0 unspecified atom stereocenters. The first-order valence-electron chi connectivity index (χ1n) is 5.25. The number of carboxylic acids is 1.